The Labute approximate surface area is 98.7 Å². The van der Waals surface area contributed by atoms with Crippen molar-refractivity contribution in [2.45, 2.75) is 6.92 Å². The number of aromatic carboxylic acids is 1. The van der Waals surface area contributed by atoms with Gasteiger partial charge in [-0.1, -0.05) is 30.3 Å². The molecule has 17 heavy (non-hydrogen) atoms. The van der Waals surface area contributed by atoms with E-state index >= 15 is 0 Å². The summed E-state index contributed by atoms with van der Waals surface area (Å²) in [6.45, 7) is 1.68. The lowest BCUT2D eigenvalue weighted by atomic mass is 10.1. The molecule has 0 unspecified atom stereocenters. The van der Waals surface area contributed by atoms with Crippen molar-refractivity contribution >= 4 is 11.7 Å². The maximum Gasteiger partial charge on any atom is 0.354 e. The van der Waals surface area contributed by atoms with Gasteiger partial charge in [-0.05, 0) is 18.6 Å². The van der Waals surface area contributed by atoms with Crippen LogP contribution < -0.4 is 5.73 Å². The zero-order valence-electron chi connectivity index (χ0n) is 9.34. The summed E-state index contributed by atoms with van der Waals surface area (Å²) in [7, 11) is 0. The van der Waals surface area contributed by atoms with Crippen LogP contribution in [0, 0.1) is 6.92 Å². The summed E-state index contributed by atoms with van der Waals surface area (Å²) in [6, 6.07) is 10.9. The van der Waals surface area contributed by atoms with Crippen molar-refractivity contribution in [2.24, 2.45) is 0 Å². The Morgan fingerprint density at radius 1 is 1.29 bits per heavy atom. The number of rotatable bonds is 2. The van der Waals surface area contributed by atoms with E-state index in [0.717, 1.165) is 5.56 Å². The van der Waals surface area contributed by atoms with Crippen LogP contribution in [0.2, 0.25) is 0 Å². The second kappa shape index (κ2) is 4.25. The van der Waals surface area contributed by atoms with E-state index in [0.29, 0.717) is 16.9 Å². The summed E-state index contributed by atoms with van der Waals surface area (Å²) >= 11 is 0. The zero-order valence-corrected chi connectivity index (χ0v) is 9.34. The normalized spacial score (nSPS) is 10.2. The monoisotopic (exact) mass is 228 g/mol. The van der Waals surface area contributed by atoms with E-state index in [1.807, 2.05) is 30.3 Å². The molecule has 0 aliphatic rings. The molecule has 0 saturated carbocycles. The molecule has 1 heterocycles. The molecule has 0 atom stereocenters. The standard InChI is InChI=1S/C13H12N2O2/c1-8-7-10(14)12(15-11(8)13(16)17)9-5-3-2-4-6-9/h2-7H,14H2,1H3,(H,16,17). The number of benzene rings is 1. The molecule has 0 bridgehead atoms. The number of nitrogens with zero attached hydrogens (tertiary/aromatic N) is 1. The fourth-order valence-corrected chi connectivity index (χ4v) is 1.68. The zero-order chi connectivity index (χ0) is 12.4. The molecule has 0 fully saturated rings. The van der Waals surface area contributed by atoms with Crippen LogP contribution in [-0.4, -0.2) is 16.1 Å². The van der Waals surface area contributed by atoms with Crippen molar-refractivity contribution in [3.05, 3.63) is 47.7 Å². The van der Waals surface area contributed by atoms with Gasteiger partial charge in [0.25, 0.3) is 0 Å². The number of aromatic nitrogens is 1. The first-order chi connectivity index (χ1) is 8.09. The summed E-state index contributed by atoms with van der Waals surface area (Å²) in [5, 5.41) is 9.02. The SMILES string of the molecule is Cc1cc(N)c(-c2ccccc2)nc1C(=O)O. The minimum atomic E-state index is -1.04. The number of carbonyl (C=O) groups is 1. The number of nitrogen functional groups attached to an aromatic ring is 1. The minimum absolute atomic E-state index is 0.0399. The largest absolute Gasteiger partial charge is 0.477 e. The molecule has 1 aromatic carbocycles. The lowest BCUT2D eigenvalue weighted by Gasteiger charge is -2.08. The average Bonchev–Trinajstić information content (AvgIpc) is 2.29. The van der Waals surface area contributed by atoms with Gasteiger partial charge in [0.15, 0.2) is 5.69 Å². The fraction of sp³-hybridized carbons (Fsp3) is 0.0769. The van der Waals surface area contributed by atoms with E-state index in [9.17, 15) is 4.79 Å². The second-order valence-corrected chi connectivity index (χ2v) is 3.76. The van der Waals surface area contributed by atoms with Crippen molar-refractivity contribution in [3.8, 4) is 11.3 Å². The summed E-state index contributed by atoms with van der Waals surface area (Å²) < 4.78 is 0. The van der Waals surface area contributed by atoms with Gasteiger partial charge in [-0.15, -0.1) is 0 Å². The van der Waals surface area contributed by atoms with Gasteiger partial charge in [0.2, 0.25) is 0 Å². The van der Waals surface area contributed by atoms with Crippen LogP contribution in [0.1, 0.15) is 16.1 Å². The van der Waals surface area contributed by atoms with Crippen molar-refractivity contribution < 1.29 is 9.90 Å². The number of anilines is 1. The van der Waals surface area contributed by atoms with E-state index in [2.05, 4.69) is 4.98 Å². The van der Waals surface area contributed by atoms with E-state index in [1.54, 1.807) is 13.0 Å². The lowest BCUT2D eigenvalue weighted by Crippen LogP contribution is -2.06. The number of pyridine rings is 1. The highest BCUT2D eigenvalue weighted by Gasteiger charge is 2.13. The maximum atomic E-state index is 11.0. The number of hydrogen-bond donors (Lipinski definition) is 2. The molecule has 0 radical (unpaired) electrons. The van der Waals surface area contributed by atoms with Gasteiger partial charge in [0.05, 0.1) is 11.4 Å². The third kappa shape index (κ3) is 2.10. The van der Waals surface area contributed by atoms with Crippen LogP contribution in [-0.2, 0) is 0 Å². The number of nitrogens with two attached hydrogens (primary N) is 1. The first-order valence-electron chi connectivity index (χ1n) is 5.15. The lowest BCUT2D eigenvalue weighted by molar-refractivity contribution is 0.0690. The molecule has 0 amide bonds. The fourth-order valence-electron chi connectivity index (χ4n) is 1.68. The van der Waals surface area contributed by atoms with Gasteiger partial charge in [-0.25, -0.2) is 9.78 Å². The molecule has 4 nitrogen and oxygen atoms in total. The molecule has 86 valence electrons. The minimum Gasteiger partial charge on any atom is -0.477 e. The molecule has 0 aliphatic carbocycles. The number of carboxylic acids is 1. The molecule has 0 spiro atoms. The van der Waals surface area contributed by atoms with E-state index in [4.69, 9.17) is 10.8 Å². The van der Waals surface area contributed by atoms with Gasteiger partial charge in [0, 0.05) is 5.56 Å². The molecule has 3 N–H and O–H groups in total. The van der Waals surface area contributed by atoms with Crippen molar-refractivity contribution in [3.63, 3.8) is 0 Å². The summed E-state index contributed by atoms with van der Waals surface area (Å²) in [6.07, 6.45) is 0. The Hall–Kier alpha value is -2.36. The van der Waals surface area contributed by atoms with Gasteiger partial charge in [0.1, 0.15) is 0 Å². The molecule has 0 saturated heterocycles. The van der Waals surface area contributed by atoms with E-state index < -0.39 is 5.97 Å². The van der Waals surface area contributed by atoms with Gasteiger partial charge < -0.3 is 10.8 Å². The van der Waals surface area contributed by atoms with Crippen molar-refractivity contribution in [2.75, 3.05) is 5.73 Å². The third-order valence-electron chi connectivity index (χ3n) is 2.49. The molecule has 4 heteroatoms. The summed E-state index contributed by atoms with van der Waals surface area (Å²) in [4.78, 5) is 15.1. The maximum absolute atomic E-state index is 11.0. The van der Waals surface area contributed by atoms with Crippen molar-refractivity contribution in [1.29, 1.82) is 0 Å². The first-order valence-corrected chi connectivity index (χ1v) is 5.15. The summed E-state index contributed by atoms with van der Waals surface area (Å²) in [5.41, 5.74) is 8.28. The van der Waals surface area contributed by atoms with Crippen LogP contribution in [0.15, 0.2) is 36.4 Å². The Morgan fingerprint density at radius 3 is 2.53 bits per heavy atom. The Morgan fingerprint density at radius 2 is 1.94 bits per heavy atom. The van der Waals surface area contributed by atoms with Crippen LogP contribution in [0.5, 0.6) is 0 Å². The molecule has 2 aromatic rings. The topological polar surface area (TPSA) is 76.2 Å². The smallest absolute Gasteiger partial charge is 0.354 e. The predicted octanol–water partition coefficient (Wildman–Crippen LogP) is 2.34. The van der Waals surface area contributed by atoms with Crippen LogP contribution in [0.4, 0.5) is 5.69 Å². The van der Waals surface area contributed by atoms with Gasteiger partial charge >= 0.3 is 5.97 Å². The highest BCUT2D eigenvalue weighted by molar-refractivity contribution is 5.89. The van der Waals surface area contributed by atoms with Crippen LogP contribution >= 0.6 is 0 Å². The number of hydrogen-bond acceptors (Lipinski definition) is 3. The number of carboxylic acid groups (broad SMARTS) is 1. The molecule has 0 aliphatic heterocycles. The van der Waals surface area contributed by atoms with Crippen LogP contribution in [0.3, 0.4) is 0 Å². The molecule has 2 rings (SSSR count). The van der Waals surface area contributed by atoms with E-state index in [-0.39, 0.29) is 5.69 Å². The molecular weight excluding hydrogens is 216 g/mol. The Balaban J connectivity index is 2.63. The highest BCUT2D eigenvalue weighted by Crippen LogP contribution is 2.25. The first kappa shape index (κ1) is 11.1. The van der Waals surface area contributed by atoms with Gasteiger partial charge in [-0.2, -0.15) is 0 Å². The highest BCUT2D eigenvalue weighted by atomic mass is 16.4. The Bertz CT molecular complexity index is 565. The second-order valence-electron chi connectivity index (χ2n) is 3.76. The van der Waals surface area contributed by atoms with Crippen LogP contribution in [0.25, 0.3) is 11.3 Å². The summed E-state index contributed by atoms with van der Waals surface area (Å²) in [5.74, 6) is -1.04. The third-order valence-corrected chi connectivity index (χ3v) is 2.49. The quantitative estimate of drug-likeness (QED) is 0.827. The Kier molecular flexibility index (Phi) is 2.78. The van der Waals surface area contributed by atoms with E-state index in [1.165, 1.54) is 0 Å². The average molecular weight is 228 g/mol. The molecular formula is C13H12N2O2. The predicted molar refractivity (Wildman–Crippen MR) is 65.8 cm³/mol. The number of aryl methyl sites for hydroxylation is 1. The molecule has 1 aromatic heterocycles. The van der Waals surface area contributed by atoms with Gasteiger partial charge in [-0.3, -0.25) is 0 Å². The van der Waals surface area contributed by atoms with Crippen molar-refractivity contribution in [1.82, 2.24) is 4.98 Å².